The van der Waals surface area contributed by atoms with Crippen molar-refractivity contribution in [1.82, 2.24) is 4.98 Å². The minimum absolute atomic E-state index is 0.208. The van der Waals surface area contributed by atoms with Crippen molar-refractivity contribution in [2.24, 2.45) is 4.99 Å². The zero-order chi connectivity index (χ0) is 10.7. The molecule has 1 heterocycles. The molecule has 0 amide bonds. The normalized spacial score (nSPS) is 11.3. The predicted molar refractivity (Wildman–Crippen MR) is 61.5 cm³/mol. The fraction of sp³-hybridized carbons (Fsp3) is 0.167. The molecule has 0 fully saturated rings. The van der Waals surface area contributed by atoms with Crippen LogP contribution in [0.15, 0.2) is 35.3 Å². The second-order valence-corrected chi connectivity index (χ2v) is 3.21. The van der Waals surface area contributed by atoms with Crippen LogP contribution in [0.3, 0.4) is 0 Å². The maximum Gasteiger partial charge on any atom is 0.141 e. The summed E-state index contributed by atoms with van der Waals surface area (Å²) in [7, 11) is 0. The minimum Gasteiger partial charge on any atom is -0.506 e. The number of aromatic nitrogens is 1. The summed E-state index contributed by atoms with van der Waals surface area (Å²) in [6.45, 7) is 2.70. The molecule has 0 bridgehead atoms. The fourth-order valence-electron chi connectivity index (χ4n) is 1.40. The van der Waals surface area contributed by atoms with Crippen molar-refractivity contribution >= 4 is 17.1 Å². The quantitative estimate of drug-likeness (QED) is 0.756. The van der Waals surface area contributed by atoms with Crippen molar-refractivity contribution in [2.45, 2.75) is 6.92 Å². The number of hydrogen-bond donors (Lipinski definition) is 1. The van der Waals surface area contributed by atoms with E-state index in [9.17, 15) is 5.11 Å². The van der Waals surface area contributed by atoms with Gasteiger partial charge in [-0.3, -0.25) is 4.99 Å². The van der Waals surface area contributed by atoms with Gasteiger partial charge >= 0.3 is 0 Å². The summed E-state index contributed by atoms with van der Waals surface area (Å²) >= 11 is 0. The third-order valence-corrected chi connectivity index (χ3v) is 2.13. The summed E-state index contributed by atoms with van der Waals surface area (Å²) in [5.74, 6) is 0.208. The van der Waals surface area contributed by atoms with Crippen molar-refractivity contribution < 1.29 is 5.11 Å². The lowest BCUT2D eigenvalue weighted by molar-refractivity contribution is 0.480. The highest BCUT2D eigenvalue weighted by Crippen LogP contribution is 2.21. The van der Waals surface area contributed by atoms with E-state index < -0.39 is 0 Å². The number of para-hydroxylation sites is 1. The van der Waals surface area contributed by atoms with Gasteiger partial charge in [-0.1, -0.05) is 18.2 Å². The van der Waals surface area contributed by atoms with E-state index in [1.165, 1.54) is 0 Å². The summed E-state index contributed by atoms with van der Waals surface area (Å²) in [6, 6.07) is 9.18. The van der Waals surface area contributed by atoms with Gasteiger partial charge in [-0.15, -0.1) is 0 Å². The van der Waals surface area contributed by atoms with Crippen LogP contribution < -0.4 is 0 Å². The van der Waals surface area contributed by atoms with Crippen LogP contribution in [0.1, 0.15) is 12.6 Å². The molecular formula is C12H12N2O. The number of phenols is 1. The van der Waals surface area contributed by atoms with Gasteiger partial charge in [0, 0.05) is 18.1 Å². The molecule has 0 aliphatic heterocycles. The molecule has 3 heteroatoms. The van der Waals surface area contributed by atoms with Crippen molar-refractivity contribution in [3.05, 3.63) is 36.0 Å². The highest BCUT2D eigenvalue weighted by atomic mass is 16.3. The Balaban J connectivity index is 2.54. The van der Waals surface area contributed by atoms with Crippen molar-refractivity contribution in [3.63, 3.8) is 0 Å². The Morgan fingerprint density at radius 1 is 1.33 bits per heavy atom. The lowest BCUT2D eigenvalue weighted by Gasteiger charge is -2.00. The number of aliphatic imine (C=N–C) groups is 1. The molecule has 0 aliphatic carbocycles. The molecule has 2 aromatic rings. The van der Waals surface area contributed by atoms with Gasteiger partial charge in [-0.2, -0.15) is 0 Å². The first kappa shape index (κ1) is 9.65. The Kier molecular flexibility index (Phi) is 2.63. The number of rotatable bonds is 2. The van der Waals surface area contributed by atoms with Crippen LogP contribution >= 0.6 is 0 Å². The molecule has 0 saturated carbocycles. The van der Waals surface area contributed by atoms with E-state index in [4.69, 9.17) is 0 Å². The highest BCUT2D eigenvalue weighted by molar-refractivity contribution is 5.88. The first-order valence-corrected chi connectivity index (χ1v) is 4.90. The van der Waals surface area contributed by atoms with Crippen LogP contribution in [-0.4, -0.2) is 22.8 Å². The van der Waals surface area contributed by atoms with E-state index in [0.29, 0.717) is 5.52 Å². The number of aromatic hydroxyl groups is 1. The van der Waals surface area contributed by atoms with Gasteiger partial charge in [0.15, 0.2) is 0 Å². The summed E-state index contributed by atoms with van der Waals surface area (Å²) in [4.78, 5) is 8.42. The number of fused-ring (bicyclic) bond motifs is 1. The first-order chi connectivity index (χ1) is 7.31. The third-order valence-electron chi connectivity index (χ3n) is 2.13. The molecule has 0 unspecified atom stereocenters. The Morgan fingerprint density at radius 2 is 2.20 bits per heavy atom. The molecular weight excluding hydrogens is 188 g/mol. The molecule has 1 aromatic carbocycles. The topological polar surface area (TPSA) is 45.5 Å². The lowest BCUT2D eigenvalue weighted by Crippen LogP contribution is -1.89. The zero-order valence-corrected chi connectivity index (χ0v) is 8.51. The number of phenolic OH excluding ortho intramolecular Hbond substituents is 1. The standard InChI is InChI=1S/C12H12N2O/c1-2-13-8-10-7-6-9-4-3-5-11(15)12(9)14-10/h3-8,15H,2H2,1H3/b13-8+. The van der Waals surface area contributed by atoms with Gasteiger partial charge in [0.05, 0.1) is 5.69 Å². The molecule has 15 heavy (non-hydrogen) atoms. The molecule has 0 aliphatic rings. The zero-order valence-electron chi connectivity index (χ0n) is 8.51. The fourth-order valence-corrected chi connectivity index (χ4v) is 1.40. The van der Waals surface area contributed by atoms with Gasteiger partial charge in [-0.25, -0.2) is 4.98 Å². The number of hydrogen-bond acceptors (Lipinski definition) is 3. The number of pyridine rings is 1. The van der Waals surface area contributed by atoms with E-state index in [1.54, 1.807) is 18.3 Å². The van der Waals surface area contributed by atoms with E-state index in [2.05, 4.69) is 9.98 Å². The average molecular weight is 200 g/mol. The van der Waals surface area contributed by atoms with Crippen LogP contribution in [0.25, 0.3) is 10.9 Å². The summed E-state index contributed by atoms with van der Waals surface area (Å²) in [6.07, 6.45) is 1.71. The second kappa shape index (κ2) is 4.09. The maximum absolute atomic E-state index is 9.61. The van der Waals surface area contributed by atoms with Crippen molar-refractivity contribution in [1.29, 1.82) is 0 Å². The van der Waals surface area contributed by atoms with E-state index in [1.807, 2.05) is 25.1 Å². The molecule has 76 valence electrons. The van der Waals surface area contributed by atoms with Gasteiger partial charge < -0.3 is 5.11 Å². The Bertz CT molecular complexity index is 506. The molecule has 0 saturated heterocycles. The summed E-state index contributed by atoms with van der Waals surface area (Å²) in [5, 5.41) is 10.5. The van der Waals surface area contributed by atoms with Gasteiger partial charge in [0.1, 0.15) is 11.3 Å². The lowest BCUT2D eigenvalue weighted by atomic mass is 10.2. The van der Waals surface area contributed by atoms with Crippen LogP contribution in [0.5, 0.6) is 5.75 Å². The molecule has 0 radical (unpaired) electrons. The molecule has 0 atom stereocenters. The number of nitrogens with zero attached hydrogens (tertiary/aromatic N) is 2. The highest BCUT2D eigenvalue weighted by Gasteiger charge is 2.00. The van der Waals surface area contributed by atoms with Gasteiger partial charge in [-0.05, 0) is 19.1 Å². The van der Waals surface area contributed by atoms with E-state index in [-0.39, 0.29) is 5.75 Å². The number of benzene rings is 1. The first-order valence-electron chi connectivity index (χ1n) is 4.90. The van der Waals surface area contributed by atoms with E-state index in [0.717, 1.165) is 17.6 Å². The van der Waals surface area contributed by atoms with E-state index >= 15 is 0 Å². The summed E-state index contributed by atoms with van der Waals surface area (Å²) < 4.78 is 0. The SMILES string of the molecule is CC/N=C/c1ccc2cccc(O)c2n1. The molecule has 3 nitrogen and oxygen atoms in total. The largest absolute Gasteiger partial charge is 0.506 e. The molecule has 1 aromatic heterocycles. The van der Waals surface area contributed by atoms with Gasteiger partial charge in [0.2, 0.25) is 0 Å². The second-order valence-electron chi connectivity index (χ2n) is 3.21. The van der Waals surface area contributed by atoms with Crippen molar-refractivity contribution in [3.8, 4) is 5.75 Å². The smallest absolute Gasteiger partial charge is 0.141 e. The third kappa shape index (κ3) is 1.96. The Labute approximate surface area is 88.1 Å². The maximum atomic E-state index is 9.61. The van der Waals surface area contributed by atoms with Crippen LogP contribution in [0, 0.1) is 0 Å². The monoisotopic (exact) mass is 200 g/mol. The molecule has 2 rings (SSSR count). The minimum atomic E-state index is 0.208. The van der Waals surface area contributed by atoms with Crippen LogP contribution in [0.2, 0.25) is 0 Å². The molecule has 0 spiro atoms. The predicted octanol–water partition coefficient (Wildman–Crippen LogP) is 2.38. The Hall–Kier alpha value is -1.90. The summed E-state index contributed by atoms with van der Waals surface area (Å²) in [5.41, 5.74) is 1.39. The Morgan fingerprint density at radius 3 is 3.00 bits per heavy atom. The van der Waals surface area contributed by atoms with Gasteiger partial charge in [0.25, 0.3) is 0 Å². The molecule has 1 N–H and O–H groups in total. The van der Waals surface area contributed by atoms with Crippen LogP contribution in [0.4, 0.5) is 0 Å². The van der Waals surface area contributed by atoms with Crippen molar-refractivity contribution in [2.75, 3.05) is 6.54 Å². The average Bonchev–Trinajstić information content (AvgIpc) is 2.27. The van der Waals surface area contributed by atoms with Crippen LogP contribution in [-0.2, 0) is 0 Å².